The van der Waals surface area contributed by atoms with Crippen LogP contribution in [0.4, 0.5) is 5.82 Å². The van der Waals surface area contributed by atoms with E-state index >= 15 is 0 Å². The van der Waals surface area contributed by atoms with Crippen molar-refractivity contribution in [1.82, 2.24) is 9.88 Å². The van der Waals surface area contributed by atoms with Gasteiger partial charge in [-0.3, -0.25) is 4.79 Å². The summed E-state index contributed by atoms with van der Waals surface area (Å²) in [6, 6.07) is 12.1. The Balaban J connectivity index is 1.28. The van der Waals surface area contributed by atoms with Gasteiger partial charge in [-0.05, 0) is 54.7 Å². The predicted molar refractivity (Wildman–Crippen MR) is 97.0 cm³/mol. The third-order valence-corrected chi connectivity index (χ3v) is 5.04. The number of nitrogens with zero attached hydrogens (tertiary/aromatic N) is 3. The van der Waals surface area contributed by atoms with Gasteiger partial charge < -0.3 is 14.5 Å². The van der Waals surface area contributed by atoms with E-state index in [9.17, 15) is 4.79 Å². The van der Waals surface area contributed by atoms with Crippen LogP contribution in [0.2, 0.25) is 0 Å². The average molecular weight is 337 g/mol. The highest BCUT2D eigenvalue weighted by Gasteiger charge is 2.22. The Morgan fingerprint density at radius 3 is 2.68 bits per heavy atom. The second-order valence-corrected chi connectivity index (χ2v) is 6.63. The molecule has 2 aliphatic rings. The summed E-state index contributed by atoms with van der Waals surface area (Å²) in [5.74, 6) is 1.84. The zero-order valence-corrected chi connectivity index (χ0v) is 14.4. The van der Waals surface area contributed by atoms with Crippen molar-refractivity contribution in [2.24, 2.45) is 0 Å². The lowest BCUT2D eigenvalue weighted by atomic mass is 10.1. The lowest BCUT2D eigenvalue weighted by molar-refractivity contribution is -0.133. The van der Waals surface area contributed by atoms with Gasteiger partial charge in [-0.2, -0.15) is 0 Å². The lowest BCUT2D eigenvalue weighted by Crippen LogP contribution is -2.50. The summed E-state index contributed by atoms with van der Waals surface area (Å²) < 4.78 is 5.74. The lowest BCUT2D eigenvalue weighted by Gasteiger charge is -2.35. The molecule has 0 spiro atoms. The Kier molecular flexibility index (Phi) is 4.55. The van der Waals surface area contributed by atoms with Crippen LogP contribution in [0.5, 0.6) is 5.75 Å². The maximum absolute atomic E-state index is 12.4. The van der Waals surface area contributed by atoms with Crippen molar-refractivity contribution in [1.29, 1.82) is 0 Å². The van der Waals surface area contributed by atoms with Crippen molar-refractivity contribution < 1.29 is 9.53 Å². The molecule has 1 aromatic carbocycles. The van der Waals surface area contributed by atoms with E-state index in [2.05, 4.69) is 22.0 Å². The number of rotatable bonds is 4. The minimum atomic E-state index is 0.0566. The minimum absolute atomic E-state index is 0.0566. The van der Waals surface area contributed by atoms with E-state index in [1.807, 2.05) is 29.2 Å². The van der Waals surface area contributed by atoms with Gasteiger partial charge >= 0.3 is 0 Å². The minimum Gasteiger partial charge on any atom is -0.484 e. The van der Waals surface area contributed by atoms with E-state index < -0.39 is 0 Å². The molecule has 0 N–H and O–H groups in total. The molecule has 2 aromatic rings. The molecule has 25 heavy (non-hydrogen) atoms. The fraction of sp³-hybridized carbons (Fsp3) is 0.400. The van der Waals surface area contributed by atoms with Crippen LogP contribution in [-0.4, -0.2) is 48.6 Å². The molecule has 1 aliphatic heterocycles. The van der Waals surface area contributed by atoms with E-state index in [0.29, 0.717) is 13.1 Å². The Morgan fingerprint density at radius 2 is 1.88 bits per heavy atom. The molecule has 4 rings (SSSR count). The molecule has 0 saturated carbocycles. The number of piperazine rings is 1. The first-order valence-electron chi connectivity index (χ1n) is 8.98. The molecule has 5 nitrogen and oxygen atoms in total. The number of ether oxygens (including phenoxy) is 1. The quantitative estimate of drug-likeness (QED) is 0.859. The largest absolute Gasteiger partial charge is 0.484 e. The first-order valence-corrected chi connectivity index (χ1v) is 8.98. The van der Waals surface area contributed by atoms with E-state index in [1.165, 1.54) is 17.5 Å². The molecule has 1 aromatic heterocycles. The number of carbonyl (C=O) groups is 1. The molecule has 0 unspecified atom stereocenters. The summed E-state index contributed by atoms with van der Waals surface area (Å²) in [6.45, 7) is 3.15. The Morgan fingerprint density at radius 1 is 1.04 bits per heavy atom. The van der Waals surface area contributed by atoms with Crippen LogP contribution < -0.4 is 9.64 Å². The van der Waals surface area contributed by atoms with E-state index in [1.54, 1.807) is 6.20 Å². The normalized spacial score (nSPS) is 16.6. The molecular formula is C20H23N3O2. The summed E-state index contributed by atoms with van der Waals surface area (Å²) in [6.07, 6.45) is 5.31. The van der Waals surface area contributed by atoms with Crippen LogP contribution in [0.1, 0.15) is 17.5 Å². The number of hydrogen-bond donors (Lipinski definition) is 0. The van der Waals surface area contributed by atoms with Gasteiger partial charge in [0, 0.05) is 32.4 Å². The SMILES string of the molecule is O=C(COc1ccc2c(c1)CCC2)N1CCN(c2ccccn2)CC1. The Bertz CT molecular complexity index is 740. The summed E-state index contributed by atoms with van der Waals surface area (Å²) >= 11 is 0. The fourth-order valence-electron chi connectivity index (χ4n) is 3.60. The number of pyridine rings is 1. The maximum Gasteiger partial charge on any atom is 0.260 e. The van der Waals surface area contributed by atoms with Crippen LogP contribution in [0.25, 0.3) is 0 Å². The second-order valence-electron chi connectivity index (χ2n) is 6.63. The first-order chi connectivity index (χ1) is 12.3. The van der Waals surface area contributed by atoms with Gasteiger partial charge in [-0.15, -0.1) is 0 Å². The number of aryl methyl sites for hydroxylation is 2. The van der Waals surface area contributed by atoms with Crippen molar-refractivity contribution in [3.05, 3.63) is 53.7 Å². The smallest absolute Gasteiger partial charge is 0.260 e. The molecule has 1 saturated heterocycles. The zero-order chi connectivity index (χ0) is 17.1. The van der Waals surface area contributed by atoms with Crippen molar-refractivity contribution in [2.75, 3.05) is 37.7 Å². The first kappa shape index (κ1) is 15.9. The van der Waals surface area contributed by atoms with Crippen molar-refractivity contribution in [3.8, 4) is 5.75 Å². The number of benzene rings is 1. The molecule has 1 aliphatic carbocycles. The summed E-state index contributed by atoms with van der Waals surface area (Å²) in [5.41, 5.74) is 2.79. The van der Waals surface area contributed by atoms with Crippen LogP contribution in [0.3, 0.4) is 0 Å². The van der Waals surface area contributed by atoms with Gasteiger partial charge in [0.15, 0.2) is 6.61 Å². The predicted octanol–water partition coefficient (Wildman–Crippen LogP) is 2.30. The topological polar surface area (TPSA) is 45.7 Å². The van der Waals surface area contributed by atoms with Crippen LogP contribution in [-0.2, 0) is 17.6 Å². The molecular weight excluding hydrogens is 314 g/mol. The van der Waals surface area contributed by atoms with Gasteiger partial charge in [0.1, 0.15) is 11.6 Å². The molecule has 0 atom stereocenters. The summed E-state index contributed by atoms with van der Waals surface area (Å²) in [4.78, 5) is 20.9. The Labute approximate surface area is 148 Å². The van der Waals surface area contributed by atoms with Crippen LogP contribution in [0, 0.1) is 0 Å². The number of anilines is 1. The van der Waals surface area contributed by atoms with E-state index in [4.69, 9.17) is 4.74 Å². The number of amides is 1. The van der Waals surface area contributed by atoms with E-state index in [0.717, 1.165) is 37.5 Å². The molecule has 1 amide bonds. The maximum atomic E-state index is 12.4. The Hall–Kier alpha value is -2.56. The third kappa shape index (κ3) is 3.60. The highest BCUT2D eigenvalue weighted by molar-refractivity contribution is 5.78. The summed E-state index contributed by atoms with van der Waals surface area (Å²) in [5, 5.41) is 0. The van der Waals surface area contributed by atoms with Crippen molar-refractivity contribution in [2.45, 2.75) is 19.3 Å². The van der Waals surface area contributed by atoms with Crippen LogP contribution >= 0.6 is 0 Å². The average Bonchev–Trinajstić information content (AvgIpc) is 3.15. The van der Waals surface area contributed by atoms with Gasteiger partial charge in [0.2, 0.25) is 0 Å². The molecule has 0 radical (unpaired) electrons. The number of fused-ring (bicyclic) bond motifs is 1. The number of carbonyl (C=O) groups excluding carboxylic acids is 1. The van der Waals surface area contributed by atoms with Crippen molar-refractivity contribution >= 4 is 11.7 Å². The molecule has 130 valence electrons. The van der Waals surface area contributed by atoms with Gasteiger partial charge in [-0.25, -0.2) is 4.98 Å². The second kappa shape index (κ2) is 7.13. The number of hydrogen-bond acceptors (Lipinski definition) is 4. The van der Waals surface area contributed by atoms with Crippen molar-refractivity contribution in [3.63, 3.8) is 0 Å². The molecule has 1 fully saturated rings. The zero-order valence-electron chi connectivity index (χ0n) is 14.4. The van der Waals surface area contributed by atoms with Gasteiger partial charge in [0.05, 0.1) is 0 Å². The molecule has 5 heteroatoms. The summed E-state index contributed by atoms with van der Waals surface area (Å²) in [7, 11) is 0. The standard InChI is InChI=1S/C20H23N3O2/c24-20(15-25-18-8-7-16-4-3-5-17(16)14-18)23-12-10-22(11-13-23)19-6-1-2-9-21-19/h1-2,6-9,14H,3-5,10-13,15H2. The third-order valence-electron chi connectivity index (χ3n) is 5.04. The highest BCUT2D eigenvalue weighted by Crippen LogP contribution is 2.26. The fourth-order valence-corrected chi connectivity index (χ4v) is 3.60. The van der Waals surface area contributed by atoms with Crippen LogP contribution in [0.15, 0.2) is 42.6 Å². The number of aromatic nitrogens is 1. The monoisotopic (exact) mass is 337 g/mol. The van der Waals surface area contributed by atoms with E-state index in [-0.39, 0.29) is 12.5 Å². The van der Waals surface area contributed by atoms with Gasteiger partial charge in [0.25, 0.3) is 5.91 Å². The highest BCUT2D eigenvalue weighted by atomic mass is 16.5. The molecule has 2 heterocycles. The van der Waals surface area contributed by atoms with Gasteiger partial charge in [-0.1, -0.05) is 12.1 Å². The molecule has 0 bridgehead atoms.